The number of aromatic nitrogens is 3. The molecule has 32 heavy (non-hydrogen) atoms. The standard InChI is InChI=1S/C20H25ClN8O3/c1-20(2,3)32-19(30)26-17-13-9-24-14(21)10-29(13)18(25-17)12-8-6-7-11(15(12)31-5)16(22)27-28(4)23/h6-10H,23H2,1-5H3,(H2,22,27)(H,26,30). The van der Waals surface area contributed by atoms with E-state index in [0.29, 0.717) is 28.2 Å². The molecule has 0 aliphatic rings. The van der Waals surface area contributed by atoms with Gasteiger partial charge in [-0.2, -0.15) is 0 Å². The third-order valence-electron chi connectivity index (χ3n) is 4.11. The van der Waals surface area contributed by atoms with Crippen molar-refractivity contribution in [1.29, 1.82) is 0 Å². The van der Waals surface area contributed by atoms with E-state index in [1.54, 1.807) is 56.6 Å². The van der Waals surface area contributed by atoms with E-state index >= 15 is 0 Å². The minimum absolute atomic E-state index is 0.154. The first-order chi connectivity index (χ1) is 15.0. The molecule has 5 N–H and O–H groups in total. The van der Waals surface area contributed by atoms with Gasteiger partial charge in [-0.1, -0.05) is 17.7 Å². The summed E-state index contributed by atoms with van der Waals surface area (Å²) in [4.78, 5) is 21.0. The number of amidine groups is 1. The zero-order valence-electron chi connectivity index (χ0n) is 18.4. The number of hydrogen-bond donors (Lipinski definition) is 3. The molecule has 0 aliphatic carbocycles. The van der Waals surface area contributed by atoms with Crippen LogP contribution in [0.15, 0.2) is 35.7 Å². The normalized spacial score (nSPS) is 12.0. The van der Waals surface area contributed by atoms with Gasteiger partial charge in [0, 0.05) is 13.2 Å². The molecule has 0 saturated heterocycles. The summed E-state index contributed by atoms with van der Waals surface area (Å²) in [6.07, 6.45) is 2.43. The molecule has 0 unspecified atom stereocenters. The van der Waals surface area contributed by atoms with Crippen LogP contribution >= 0.6 is 11.6 Å². The van der Waals surface area contributed by atoms with E-state index in [-0.39, 0.29) is 16.8 Å². The summed E-state index contributed by atoms with van der Waals surface area (Å²) in [7, 11) is 3.06. The Balaban J connectivity index is 2.18. The highest BCUT2D eigenvalue weighted by Gasteiger charge is 2.23. The van der Waals surface area contributed by atoms with Gasteiger partial charge in [0.15, 0.2) is 17.5 Å². The van der Waals surface area contributed by atoms with E-state index in [1.165, 1.54) is 13.3 Å². The molecule has 0 radical (unpaired) electrons. The summed E-state index contributed by atoms with van der Waals surface area (Å²) < 4.78 is 12.7. The van der Waals surface area contributed by atoms with Crippen LogP contribution in [-0.4, -0.2) is 51.2 Å². The number of fused-ring (bicyclic) bond motifs is 1. The molecule has 2 aromatic heterocycles. The molecular weight excluding hydrogens is 436 g/mol. The molecular formula is C20H25ClN8O3. The van der Waals surface area contributed by atoms with Crippen LogP contribution in [-0.2, 0) is 4.74 Å². The minimum atomic E-state index is -0.672. The fraction of sp³-hybridized carbons (Fsp3) is 0.300. The van der Waals surface area contributed by atoms with Gasteiger partial charge >= 0.3 is 6.09 Å². The van der Waals surface area contributed by atoms with Gasteiger partial charge in [-0.25, -0.2) is 25.7 Å². The molecule has 12 heteroatoms. The fourth-order valence-electron chi connectivity index (χ4n) is 3.00. The Labute approximate surface area is 189 Å². The number of nitrogens with one attached hydrogen (secondary N) is 1. The van der Waals surface area contributed by atoms with E-state index < -0.39 is 11.7 Å². The largest absolute Gasteiger partial charge is 0.495 e. The SMILES string of the molecule is COc1c(/C(N)=N/N(C)N)cccc1-c1nc(NC(=O)OC(C)(C)C)c2cnc(Cl)cn12. The number of carbonyl (C=O) groups excluding carboxylic acids is 1. The molecule has 11 nitrogen and oxygen atoms in total. The second-order valence-corrected chi connectivity index (χ2v) is 8.21. The molecule has 170 valence electrons. The quantitative estimate of drug-likeness (QED) is 0.228. The number of hydrazone groups is 1. The summed E-state index contributed by atoms with van der Waals surface area (Å²) in [6, 6.07) is 5.31. The Bertz CT molecular complexity index is 1180. The molecule has 0 atom stereocenters. The predicted octanol–water partition coefficient (Wildman–Crippen LogP) is 2.83. The average molecular weight is 461 g/mol. The van der Waals surface area contributed by atoms with Crippen LogP contribution in [0.4, 0.5) is 10.6 Å². The zero-order valence-corrected chi connectivity index (χ0v) is 19.1. The molecule has 0 bridgehead atoms. The highest BCUT2D eigenvalue weighted by Crippen LogP contribution is 2.35. The van der Waals surface area contributed by atoms with Crippen molar-refractivity contribution < 1.29 is 14.3 Å². The van der Waals surface area contributed by atoms with Crippen molar-refractivity contribution in [3.05, 3.63) is 41.3 Å². The molecule has 1 aromatic carbocycles. The van der Waals surface area contributed by atoms with Crippen LogP contribution in [0, 0.1) is 0 Å². The summed E-state index contributed by atoms with van der Waals surface area (Å²) in [5.41, 5.74) is 7.03. The van der Waals surface area contributed by atoms with E-state index in [1.807, 2.05) is 0 Å². The van der Waals surface area contributed by atoms with Crippen molar-refractivity contribution >= 4 is 34.9 Å². The number of hydrazine groups is 1. The molecule has 3 rings (SSSR count). The van der Waals surface area contributed by atoms with Gasteiger partial charge in [0.05, 0.1) is 24.4 Å². The summed E-state index contributed by atoms with van der Waals surface area (Å²) >= 11 is 6.13. The van der Waals surface area contributed by atoms with Crippen molar-refractivity contribution in [2.45, 2.75) is 26.4 Å². The monoisotopic (exact) mass is 460 g/mol. The van der Waals surface area contributed by atoms with Gasteiger partial charge in [0.25, 0.3) is 0 Å². The highest BCUT2D eigenvalue weighted by molar-refractivity contribution is 6.29. The molecule has 0 fully saturated rings. The molecule has 0 saturated carbocycles. The number of rotatable bonds is 5. The number of imidazole rings is 1. The fourth-order valence-corrected chi connectivity index (χ4v) is 3.15. The van der Waals surface area contributed by atoms with Crippen LogP contribution in [0.25, 0.3) is 16.9 Å². The number of ether oxygens (including phenoxy) is 2. The Hall–Kier alpha value is -3.57. The number of hydrogen-bond acceptors (Lipinski definition) is 8. The van der Waals surface area contributed by atoms with E-state index in [9.17, 15) is 4.79 Å². The Kier molecular flexibility index (Phi) is 6.42. The number of para-hydroxylation sites is 1. The summed E-state index contributed by atoms with van der Waals surface area (Å²) in [6.45, 7) is 5.31. The minimum Gasteiger partial charge on any atom is -0.495 e. The highest BCUT2D eigenvalue weighted by atomic mass is 35.5. The smallest absolute Gasteiger partial charge is 0.413 e. The number of nitrogens with zero attached hydrogens (tertiary/aromatic N) is 5. The van der Waals surface area contributed by atoms with Gasteiger partial charge in [-0.3, -0.25) is 9.72 Å². The lowest BCUT2D eigenvalue weighted by Gasteiger charge is -2.19. The number of nitrogens with two attached hydrogens (primary N) is 2. The lowest BCUT2D eigenvalue weighted by Crippen LogP contribution is -2.27. The van der Waals surface area contributed by atoms with E-state index in [4.69, 9.17) is 32.7 Å². The number of carbonyl (C=O) groups is 1. The first kappa shape index (κ1) is 23.1. The van der Waals surface area contributed by atoms with Crippen molar-refractivity contribution in [2.24, 2.45) is 16.7 Å². The number of halogens is 1. The molecule has 0 aliphatic heterocycles. The van der Waals surface area contributed by atoms with Crippen LogP contribution in [0.2, 0.25) is 5.15 Å². The van der Waals surface area contributed by atoms with Gasteiger partial charge in [0.1, 0.15) is 22.0 Å². The maximum atomic E-state index is 12.4. The maximum Gasteiger partial charge on any atom is 0.413 e. The Morgan fingerprint density at radius 2 is 2.06 bits per heavy atom. The predicted molar refractivity (Wildman–Crippen MR) is 123 cm³/mol. The third-order valence-corrected chi connectivity index (χ3v) is 4.31. The van der Waals surface area contributed by atoms with Crippen molar-refractivity contribution in [3.63, 3.8) is 0 Å². The molecule has 0 spiro atoms. The summed E-state index contributed by atoms with van der Waals surface area (Å²) in [5, 5.41) is 8.04. The molecule has 1 amide bonds. The van der Waals surface area contributed by atoms with Crippen LogP contribution < -0.4 is 21.6 Å². The van der Waals surface area contributed by atoms with Crippen LogP contribution in [0.5, 0.6) is 5.75 Å². The second-order valence-electron chi connectivity index (χ2n) is 7.82. The first-order valence-electron chi connectivity index (χ1n) is 9.54. The zero-order chi connectivity index (χ0) is 23.6. The van der Waals surface area contributed by atoms with Crippen LogP contribution in [0.3, 0.4) is 0 Å². The van der Waals surface area contributed by atoms with E-state index in [0.717, 1.165) is 5.12 Å². The lowest BCUT2D eigenvalue weighted by atomic mass is 10.1. The number of anilines is 1. The average Bonchev–Trinajstić information content (AvgIpc) is 3.02. The van der Waals surface area contributed by atoms with Crippen molar-refractivity contribution in [2.75, 3.05) is 19.5 Å². The van der Waals surface area contributed by atoms with Crippen molar-refractivity contribution in [3.8, 4) is 17.1 Å². The first-order valence-corrected chi connectivity index (χ1v) is 9.92. The number of benzene rings is 1. The van der Waals surface area contributed by atoms with Gasteiger partial charge < -0.3 is 15.2 Å². The van der Waals surface area contributed by atoms with Crippen LogP contribution in [0.1, 0.15) is 26.3 Å². The maximum absolute atomic E-state index is 12.4. The number of amides is 1. The number of methoxy groups -OCH3 is 1. The van der Waals surface area contributed by atoms with Gasteiger partial charge in [-0.15, -0.1) is 5.10 Å². The lowest BCUT2D eigenvalue weighted by molar-refractivity contribution is 0.0635. The topological polar surface area (TPSA) is 145 Å². The van der Waals surface area contributed by atoms with Crippen molar-refractivity contribution in [1.82, 2.24) is 19.5 Å². The van der Waals surface area contributed by atoms with Gasteiger partial charge in [0.2, 0.25) is 0 Å². The molecule has 3 aromatic rings. The summed E-state index contributed by atoms with van der Waals surface area (Å²) in [5.74, 6) is 6.84. The molecule has 2 heterocycles. The third kappa shape index (κ3) is 5.01. The Morgan fingerprint density at radius 3 is 2.69 bits per heavy atom. The van der Waals surface area contributed by atoms with E-state index in [2.05, 4.69) is 20.4 Å². The Morgan fingerprint density at radius 1 is 1.34 bits per heavy atom. The second kappa shape index (κ2) is 8.89. The van der Waals surface area contributed by atoms with Gasteiger partial charge in [-0.05, 0) is 32.9 Å².